The zero-order chi connectivity index (χ0) is 12.2. The first-order valence-corrected chi connectivity index (χ1v) is 7.27. The molecule has 0 atom stereocenters. The molecule has 94 valence electrons. The van der Waals surface area contributed by atoms with Gasteiger partial charge in [-0.05, 0) is 12.3 Å². The zero-order valence-electron chi connectivity index (χ0n) is 9.90. The first kappa shape index (κ1) is 13.4. The van der Waals surface area contributed by atoms with E-state index in [2.05, 4.69) is 5.32 Å². The van der Waals surface area contributed by atoms with Gasteiger partial charge in [-0.2, -0.15) is 4.31 Å². The summed E-state index contributed by atoms with van der Waals surface area (Å²) in [7, 11) is -3.18. The molecule has 6 heteroatoms. The van der Waals surface area contributed by atoms with Crippen LogP contribution in [-0.2, 0) is 14.8 Å². The minimum absolute atomic E-state index is 0.0680. The molecule has 1 amide bonds. The first-order valence-electron chi connectivity index (χ1n) is 5.66. The van der Waals surface area contributed by atoms with Gasteiger partial charge in [0.1, 0.15) is 0 Å². The second kappa shape index (κ2) is 5.63. The summed E-state index contributed by atoms with van der Waals surface area (Å²) in [4.78, 5) is 11.1. The molecule has 0 aromatic heterocycles. The maximum Gasteiger partial charge on any atom is 0.221 e. The molecule has 0 saturated carbocycles. The van der Waals surface area contributed by atoms with E-state index in [0.29, 0.717) is 32.0 Å². The normalized spacial score (nSPS) is 19.6. The molecule has 1 saturated heterocycles. The number of amides is 1. The molecule has 1 aliphatic heterocycles. The maximum absolute atomic E-state index is 11.9. The van der Waals surface area contributed by atoms with Crippen molar-refractivity contribution in [3.05, 3.63) is 0 Å². The van der Waals surface area contributed by atoms with Gasteiger partial charge in [0, 0.05) is 26.1 Å². The van der Waals surface area contributed by atoms with Crippen molar-refractivity contribution >= 4 is 15.9 Å². The van der Waals surface area contributed by atoms with Crippen LogP contribution < -0.4 is 5.32 Å². The molecule has 16 heavy (non-hydrogen) atoms. The Balaban J connectivity index is 2.57. The van der Waals surface area contributed by atoms with Crippen molar-refractivity contribution in [3.8, 4) is 0 Å². The molecule has 1 heterocycles. The number of hydrogen-bond acceptors (Lipinski definition) is 3. The van der Waals surface area contributed by atoms with Crippen LogP contribution in [0.5, 0.6) is 0 Å². The molecule has 1 rings (SSSR count). The summed E-state index contributed by atoms with van der Waals surface area (Å²) in [5, 5.41) is 2.67. The monoisotopic (exact) mass is 248 g/mol. The Bertz CT molecular complexity index is 338. The molecular weight excluding hydrogens is 228 g/mol. The number of rotatable bonds is 4. The Morgan fingerprint density at radius 1 is 1.38 bits per heavy atom. The average molecular weight is 248 g/mol. The van der Waals surface area contributed by atoms with Gasteiger partial charge in [0.25, 0.3) is 0 Å². The quantitative estimate of drug-likeness (QED) is 0.772. The van der Waals surface area contributed by atoms with Crippen molar-refractivity contribution < 1.29 is 13.2 Å². The third kappa shape index (κ3) is 4.09. The van der Waals surface area contributed by atoms with Gasteiger partial charge in [-0.1, -0.05) is 13.8 Å². The van der Waals surface area contributed by atoms with Crippen molar-refractivity contribution in [1.82, 2.24) is 9.62 Å². The fourth-order valence-electron chi connectivity index (χ4n) is 1.54. The average Bonchev–Trinajstić information content (AvgIpc) is 2.40. The van der Waals surface area contributed by atoms with Gasteiger partial charge in [-0.3, -0.25) is 4.79 Å². The number of nitrogens with zero attached hydrogens (tertiary/aromatic N) is 1. The summed E-state index contributed by atoms with van der Waals surface area (Å²) in [6, 6.07) is 0. The number of sulfonamides is 1. The second-order valence-corrected chi connectivity index (χ2v) is 6.59. The van der Waals surface area contributed by atoms with Crippen LogP contribution in [0, 0.1) is 5.92 Å². The van der Waals surface area contributed by atoms with Gasteiger partial charge >= 0.3 is 0 Å². The van der Waals surface area contributed by atoms with Crippen LogP contribution in [0.15, 0.2) is 0 Å². The molecule has 0 bridgehead atoms. The third-order valence-corrected chi connectivity index (χ3v) is 4.52. The van der Waals surface area contributed by atoms with Crippen LogP contribution in [0.2, 0.25) is 0 Å². The largest absolute Gasteiger partial charge is 0.355 e. The van der Waals surface area contributed by atoms with E-state index in [1.165, 1.54) is 4.31 Å². The lowest BCUT2D eigenvalue weighted by molar-refractivity contribution is -0.120. The maximum atomic E-state index is 11.9. The van der Waals surface area contributed by atoms with Crippen molar-refractivity contribution in [2.75, 3.05) is 25.4 Å². The van der Waals surface area contributed by atoms with E-state index in [1.807, 2.05) is 13.8 Å². The van der Waals surface area contributed by atoms with Crippen LogP contribution >= 0.6 is 0 Å². The van der Waals surface area contributed by atoms with Gasteiger partial charge in [0.05, 0.1) is 5.75 Å². The molecule has 0 unspecified atom stereocenters. The summed E-state index contributed by atoms with van der Waals surface area (Å²) in [5.41, 5.74) is 0. The van der Waals surface area contributed by atoms with E-state index in [-0.39, 0.29) is 18.1 Å². The fourth-order valence-corrected chi connectivity index (χ4v) is 3.30. The summed E-state index contributed by atoms with van der Waals surface area (Å²) in [6.07, 6.45) is 0.932. The molecule has 1 N–H and O–H groups in total. The Labute approximate surface area is 97.2 Å². The molecule has 1 fully saturated rings. The fraction of sp³-hybridized carbons (Fsp3) is 0.900. The number of nitrogens with one attached hydrogen (secondary N) is 1. The van der Waals surface area contributed by atoms with Gasteiger partial charge in [0.2, 0.25) is 15.9 Å². The Hall–Kier alpha value is -0.620. The predicted octanol–water partition coefficient (Wildman–Crippen LogP) is 0.184. The van der Waals surface area contributed by atoms with Crippen molar-refractivity contribution in [2.45, 2.75) is 26.7 Å². The topological polar surface area (TPSA) is 66.5 Å². The molecule has 0 spiro atoms. The van der Waals surface area contributed by atoms with E-state index in [1.54, 1.807) is 0 Å². The van der Waals surface area contributed by atoms with E-state index >= 15 is 0 Å². The lowest BCUT2D eigenvalue weighted by Crippen LogP contribution is -2.36. The number of carbonyl (C=O) groups is 1. The molecule has 0 radical (unpaired) electrons. The number of hydrogen-bond donors (Lipinski definition) is 1. The van der Waals surface area contributed by atoms with Crippen molar-refractivity contribution in [3.63, 3.8) is 0 Å². The first-order chi connectivity index (χ1) is 7.42. The van der Waals surface area contributed by atoms with Gasteiger partial charge < -0.3 is 5.32 Å². The van der Waals surface area contributed by atoms with Gasteiger partial charge in [0.15, 0.2) is 0 Å². The Morgan fingerprint density at radius 2 is 2.06 bits per heavy atom. The second-order valence-electron chi connectivity index (χ2n) is 4.50. The van der Waals surface area contributed by atoms with Gasteiger partial charge in [-0.25, -0.2) is 8.42 Å². The van der Waals surface area contributed by atoms with Crippen LogP contribution in [0.25, 0.3) is 0 Å². The van der Waals surface area contributed by atoms with Crippen LogP contribution in [0.1, 0.15) is 26.7 Å². The highest BCUT2D eigenvalue weighted by Crippen LogP contribution is 2.09. The highest BCUT2D eigenvalue weighted by atomic mass is 32.2. The minimum Gasteiger partial charge on any atom is -0.355 e. The van der Waals surface area contributed by atoms with Crippen molar-refractivity contribution in [2.24, 2.45) is 5.92 Å². The highest BCUT2D eigenvalue weighted by molar-refractivity contribution is 7.89. The minimum atomic E-state index is -3.18. The lowest BCUT2D eigenvalue weighted by Gasteiger charge is -2.19. The highest BCUT2D eigenvalue weighted by Gasteiger charge is 2.24. The molecular formula is C10H20N2O3S. The summed E-state index contributed by atoms with van der Waals surface area (Å²) in [5.74, 6) is 0.488. The number of carbonyl (C=O) groups excluding carboxylic acids is 1. The Morgan fingerprint density at radius 3 is 2.69 bits per heavy atom. The molecule has 1 aliphatic rings. The van der Waals surface area contributed by atoms with Gasteiger partial charge in [-0.15, -0.1) is 0 Å². The summed E-state index contributed by atoms with van der Waals surface area (Å²) < 4.78 is 25.3. The predicted molar refractivity (Wildman–Crippen MR) is 62.4 cm³/mol. The van der Waals surface area contributed by atoms with E-state index in [4.69, 9.17) is 0 Å². The molecule has 0 aliphatic carbocycles. The summed E-state index contributed by atoms with van der Waals surface area (Å²) in [6.45, 7) is 5.13. The molecule has 0 aromatic rings. The van der Waals surface area contributed by atoms with Crippen LogP contribution in [-0.4, -0.2) is 44.0 Å². The van der Waals surface area contributed by atoms with E-state index in [9.17, 15) is 13.2 Å². The standard InChI is InChI=1S/C10H20N2O3S/c1-9(2)4-8-16(14,15)12-6-3-10(13)11-5-7-12/h9H,3-8H2,1-2H3,(H,11,13). The lowest BCUT2D eigenvalue weighted by atomic mass is 10.2. The van der Waals surface area contributed by atoms with E-state index in [0.717, 1.165) is 0 Å². The molecule has 0 aromatic carbocycles. The molecule has 5 nitrogen and oxygen atoms in total. The Kier molecular flexibility index (Phi) is 4.73. The van der Waals surface area contributed by atoms with Crippen LogP contribution in [0.3, 0.4) is 0 Å². The van der Waals surface area contributed by atoms with E-state index < -0.39 is 10.0 Å². The third-order valence-electron chi connectivity index (χ3n) is 2.62. The zero-order valence-corrected chi connectivity index (χ0v) is 10.7. The smallest absolute Gasteiger partial charge is 0.221 e. The van der Waals surface area contributed by atoms with Crippen molar-refractivity contribution in [1.29, 1.82) is 0 Å². The van der Waals surface area contributed by atoms with Crippen LogP contribution in [0.4, 0.5) is 0 Å². The SMILES string of the molecule is CC(C)CCS(=O)(=O)N1CCNC(=O)CC1. The summed E-state index contributed by atoms with van der Waals surface area (Å²) >= 11 is 0.